The van der Waals surface area contributed by atoms with Gasteiger partial charge in [0.1, 0.15) is 11.6 Å². The van der Waals surface area contributed by atoms with Crippen molar-refractivity contribution in [1.82, 2.24) is 5.32 Å². The Kier molecular flexibility index (Phi) is 6.53. The number of hydrogen-bond donors (Lipinski definition) is 1. The fraction of sp³-hybridized carbons (Fsp3) is 0.263. The van der Waals surface area contributed by atoms with Crippen molar-refractivity contribution in [3.63, 3.8) is 0 Å². The van der Waals surface area contributed by atoms with Gasteiger partial charge in [-0.3, -0.25) is 9.59 Å². The number of ketones is 1. The first kappa shape index (κ1) is 18.9. The molecule has 25 heavy (non-hydrogen) atoms. The third kappa shape index (κ3) is 5.29. The first-order valence-electron chi connectivity index (χ1n) is 7.88. The van der Waals surface area contributed by atoms with Gasteiger partial charge < -0.3 is 10.1 Å². The van der Waals surface area contributed by atoms with Crippen molar-refractivity contribution in [1.29, 1.82) is 0 Å². The molecule has 2 rings (SSSR count). The van der Waals surface area contributed by atoms with Crippen molar-refractivity contribution in [2.45, 2.75) is 26.3 Å². The number of amides is 1. The highest BCUT2D eigenvalue weighted by atomic mass is 35.5. The number of hydrogen-bond acceptors (Lipinski definition) is 3. The fourth-order valence-corrected chi connectivity index (χ4v) is 2.50. The maximum Gasteiger partial charge on any atom is 0.258 e. The molecule has 1 atom stereocenters. The zero-order chi connectivity index (χ0) is 18.4. The lowest BCUT2D eigenvalue weighted by Crippen LogP contribution is -2.32. The Labute approximate surface area is 150 Å². The molecule has 132 valence electrons. The summed E-state index contributed by atoms with van der Waals surface area (Å²) in [6.07, 6.45) is 0.704. The van der Waals surface area contributed by atoms with Gasteiger partial charge in [-0.15, -0.1) is 0 Å². The number of carbonyl (C=O) groups excluding carboxylic acids is 2. The zero-order valence-electron chi connectivity index (χ0n) is 14.0. The summed E-state index contributed by atoms with van der Waals surface area (Å²) in [7, 11) is 0. The highest BCUT2D eigenvalue weighted by Crippen LogP contribution is 2.20. The van der Waals surface area contributed by atoms with Crippen LogP contribution in [0.1, 0.15) is 42.2 Å². The Bertz CT molecular complexity index is 762. The van der Waals surface area contributed by atoms with E-state index in [1.54, 1.807) is 12.1 Å². The van der Waals surface area contributed by atoms with Gasteiger partial charge in [-0.25, -0.2) is 4.39 Å². The van der Waals surface area contributed by atoms with E-state index in [4.69, 9.17) is 16.3 Å². The quantitative estimate of drug-likeness (QED) is 0.745. The molecule has 1 N–H and O–H groups in total. The molecule has 0 saturated carbocycles. The lowest BCUT2D eigenvalue weighted by Gasteiger charge is -2.18. The number of ether oxygens (including phenoxy) is 1. The molecular formula is C19H19ClFNO3. The van der Waals surface area contributed by atoms with E-state index >= 15 is 0 Å². The Balaban J connectivity index is 1.94. The second-order valence-corrected chi connectivity index (χ2v) is 6.00. The van der Waals surface area contributed by atoms with Crippen LogP contribution in [0.4, 0.5) is 4.39 Å². The molecule has 0 radical (unpaired) electrons. The molecule has 6 heteroatoms. The maximum absolute atomic E-state index is 13.7. The molecule has 0 heterocycles. The first-order chi connectivity index (χ1) is 11.9. The summed E-state index contributed by atoms with van der Waals surface area (Å²) >= 11 is 5.87. The third-order valence-corrected chi connectivity index (χ3v) is 3.96. The summed E-state index contributed by atoms with van der Waals surface area (Å²) in [5.74, 6) is -1.16. The molecule has 2 aromatic carbocycles. The summed E-state index contributed by atoms with van der Waals surface area (Å²) in [4.78, 5) is 23.3. The summed E-state index contributed by atoms with van der Waals surface area (Å²) in [5.41, 5.74) is 0.933. The Hall–Kier alpha value is -2.40. The van der Waals surface area contributed by atoms with Gasteiger partial charge in [0.25, 0.3) is 5.91 Å². The molecule has 0 fully saturated rings. The molecule has 1 amide bonds. The monoisotopic (exact) mass is 363 g/mol. The van der Waals surface area contributed by atoms with Gasteiger partial charge in [-0.1, -0.05) is 30.7 Å². The van der Waals surface area contributed by atoms with Gasteiger partial charge in [-0.05, 0) is 43.2 Å². The van der Waals surface area contributed by atoms with E-state index in [-0.39, 0.29) is 35.7 Å². The van der Waals surface area contributed by atoms with Crippen molar-refractivity contribution in [3.8, 4) is 5.75 Å². The molecule has 0 aliphatic rings. The zero-order valence-corrected chi connectivity index (χ0v) is 14.8. The van der Waals surface area contributed by atoms with E-state index in [1.807, 2.05) is 19.1 Å². The number of Topliss-reactive ketones (excluding diaryl/α,β-unsaturated/α-hetero) is 1. The van der Waals surface area contributed by atoms with E-state index in [2.05, 4.69) is 5.32 Å². The largest absolute Gasteiger partial charge is 0.484 e. The summed E-state index contributed by atoms with van der Waals surface area (Å²) < 4.78 is 19.0. The standard InChI is InChI=1S/C19H19ClFNO3/c1-3-18(13-4-6-14(20)7-5-13)22-19(24)11-25-15-8-9-16(12(2)23)17(21)10-15/h4-10,18H,3,11H2,1-2H3,(H,22,24). The Morgan fingerprint density at radius 1 is 1.20 bits per heavy atom. The van der Waals surface area contributed by atoms with Gasteiger partial charge in [0.15, 0.2) is 12.4 Å². The van der Waals surface area contributed by atoms with E-state index in [9.17, 15) is 14.0 Å². The Morgan fingerprint density at radius 2 is 1.88 bits per heavy atom. The SMILES string of the molecule is CCC(NC(=O)COc1ccc(C(C)=O)c(F)c1)c1ccc(Cl)cc1. The van der Waals surface area contributed by atoms with Crippen molar-refractivity contribution in [3.05, 3.63) is 64.4 Å². The van der Waals surface area contributed by atoms with E-state index in [1.165, 1.54) is 19.1 Å². The highest BCUT2D eigenvalue weighted by Gasteiger charge is 2.14. The predicted molar refractivity (Wildman–Crippen MR) is 94.5 cm³/mol. The molecule has 2 aromatic rings. The summed E-state index contributed by atoms with van der Waals surface area (Å²) in [6.45, 7) is 2.99. The summed E-state index contributed by atoms with van der Waals surface area (Å²) in [5, 5.41) is 3.49. The minimum atomic E-state index is -0.669. The molecule has 4 nitrogen and oxygen atoms in total. The van der Waals surface area contributed by atoms with Crippen LogP contribution in [0.3, 0.4) is 0 Å². The molecule has 0 aliphatic carbocycles. The van der Waals surface area contributed by atoms with E-state index in [0.717, 1.165) is 11.6 Å². The van der Waals surface area contributed by atoms with Gasteiger partial charge >= 0.3 is 0 Å². The highest BCUT2D eigenvalue weighted by molar-refractivity contribution is 6.30. The molecule has 0 bridgehead atoms. The number of benzene rings is 2. The lowest BCUT2D eigenvalue weighted by molar-refractivity contribution is -0.123. The first-order valence-corrected chi connectivity index (χ1v) is 8.26. The van der Waals surface area contributed by atoms with Crippen LogP contribution in [0, 0.1) is 5.82 Å². The van der Waals surface area contributed by atoms with Gasteiger partial charge in [0, 0.05) is 11.1 Å². The van der Waals surface area contributed by atoms with Crippen LogP contribution >= 0.6 is 11.6 Å². The van der Waals surface area contributed by atoms with Crippen LogP contribution < -0.4 is 10.1 Å². The maximum atomic E-state index is 13.7. The molecule has 0 spiro atoms. The molecule has 1 unspecified atom stereocenters. The lowest BCUT2D eigenvalue weighted by atomic mass is 10.0. The van der Waals surface area contributed by atoms with Crippen LogP contribution in [0.25, 0.3) is 0 Å². The molecular weight excluding hydrogens is 345 g/mol. The average molecular weight is 364 g/mol. The minimum Gasteiger partial charge on any atom is -0.484 e. The van der Waals surface area contributed by atoms with Crippen LogP contribution in [-0.2, 0) is 4.79 Å². The van der Waals surface area contributed by atoms with Crippen LogP contribution in [-0.4, -0.2) is 18.3 Å². The molecule has 0 aromatic heterocycles. The van der Waals surface area contributed by atoms with Crippen molar-refractivity contribution in [2.75, 3.05) is 6.61 Å². The van der Waals surface area contributed by atoms with Crippen molar-refractivity contribution >= 4 is 23.3 Å². The second kappa shape index (κ2) is 8.62. The van der Waals surface area contributed by atoms with Gasteiger partial charge in [-0.2, -0.15) is 0 Å². The van der Waals surface area contributed by atoms with Crippen molar-refractivity contribution in [2.24, 2.45) is 0 Å². The predicted octanol–water partition coefficient (Wildman–Crippen LogP) is 4.33. The smallest absolute Gasteiger partial charge is 0.258 e. The van der Waals surface area contributed by atoms with E-state index < -0.39 is 5.82 Å². The van der Waals surface area contributed by atoms with Gasteiger partial charge in [0.2, 0.25) is 0 Å². The fourth-order valence-electron chi connectivity index (χ4n) is 2.37. The number of halogens is 2. The van der Waals surface area contributed by atoms with Crippen LogP contribution in [0.5, 0.6) is 5.75 Å². The minimum absolute atomic E-state index is 0.00872. The van der Waals surface area contributed by atoms with Crippen LogP contribution in [0.15, 0.2) is 42.5 Å². The molecule has 0 saturated heterocycles. The van der Waals surface area contributed by atoms with Gasteiger partial charge in [0.05, 0.1) is 11.6 Å². The number of carbonyl (C=O) groups is 2. The van der Waals surface area contributed by atoms with Crippen molar-refractivity contribution < 1.29 is 18.7 Å². The summed E-state index contributed by atoms with van der Waals surface area (Å²) in [6, 6.07) is 11.0. The van der Waals surface area contributed by atoms with E-state index in [0.29, 0.717) is 11.4 Å². The average Bonchev–Trinajstić information content (AvgIpc) is 2.58. The topological polar surface area (TPSA) is 55.4 Å². The third-order valence-electron chi connectivity index (χ3n) is 3.71. The Morgan fingerprint density at radius 3 is 2.44 bits per heavy atom. The number of nitrogens with one attached hydrogen (secondary N) is 1. The normalized spacial score (nSPS) is 11.7. The number of rotatable bonds is 7. The molecule has 0 aliphatic heterocycles. The van der Waals surface area contributed by atoms with Crippen LogP contribution in [0.2, 0.25) is 5.02 Å². The second-order valence-electron chi connectivity index (χ2n) is 5.57.